The van der Waals surface area contributed by atoms with Crippen LogP contribution in [-0.2, 0) is 11.0 Å². The normalized spacial score (nSPS) is 11.9. The zero-order valence-electron chi connectivity index (χ0n) is 20.0. The molecule has 172 valence electrons. The maximum absolute atomic E-state index is 13.1. The highest BCUT2D eigenvalue weighted by Crippen LogP contribution is 2.37. The number of rotatable bonds is 7. The zero-order valence-corrected chi connectivity index (χ0v) is 21.0. The van der Waals surface area contributed by atoms with Crippen LogP contribution in [0.15, 0.2) is 109 Å². The third kappa shape index (κ3) is 4.60. The van der Waals surface area contributed by atoms with Crippen molar-refractivity contribution >= 4 is 30.2 Å². The summed E-state index contributed by atoms with van der Waals surface area (Å²) in [4.78, 5) is 13.1. The number of hydrogen-bond acceptors (Lipinski definition) is 3. The van der Waals surface area contributed by atoms with E-state index in [-0.39, 0.29) is 10.8 Å². The Hall–Kier alpha value is -3.47. The first-order valence-electron chi connectivity index (χ1n) is 11.6. The van der Waals surface area contributed by atoms with Gasteiger partial charge in [-0.3, -0.25) is 4.79 Å². The summed E-state index contributed by atoms with van der Waals surface area (Å²) in [7, 11) is -2.65. The summed E-state index contributed by atoms with van der Waals surface area (Å²) < 4.78 is 7.02. The molecule has 0 aromatic heterocycles. The number of nitrogen functional groups attached to an aromatic ring is 1. The molecule has 34 heavy (non-hydrogen) atoms. The summed E-state index contributed by atoms with van der Waals surface area (Å²) in [6.07, 6.45) is 0. The molecule has 0 heterocycles. The molecule has 0 aliphatic carbocycles. The molecule has 0 radical (unpaired) electrons. The molecule has 0 saturated carbocycles. The molecule has 4 aromatic rings. The van der Waals surface area contributed by atoms with Crippen molar-refractivity contribution in [3.8, 4) is 0 Å². The van der Waals surface area contributed by atoms with Gasteiger partial charge >= 0.3 is 0 Å². The van der Waals surface area contributed by atoms with E-state index in [1.807, 2.05) is 48.5 Å². The molecule has 2 N–H and O–H groups in total. The molecule has 0 bridgehead atoms. The second kappa shape index (κ2) is 9.80. The van der Waals surface area contributed by atoms with Crippen molar-refractivity contribution in [1.82, 2.24) is 0 Å². The average molecular weight is 466 g/mol. The molecule has 4 rings (SSSR count). The number of carbonyl (C=O) groups excluding carboxylic acids is 1. The van der Waals surface area contributed by atoms with E-state index in [1.54, 1.807) is 12.1 Å². The van der Waals surface area contributed by atoms with Crippen LogP contribution in [-0.4, -0.2) is 14.1 Å². The van der Waals surface area contributed by atoms with Crippen molar-refractivity contribution in [3.05, 3.63) is 126 Å². The Balaban J connectivity index is 1.71. The Bertz CT molecular complexity index is 1220. The van der Waals surface area contributed by atoms with Gasteiger partial charge in [0.1, 0.15) is 0 Å². The summed E-state index contributed by atoms with van der Waals surface area (Å²) >= 11 is 0. The van der Waals surface area contributed by atoms with Crippen molar-refractivity contribution in [1.29, 1.82) is 0 Å². The van der Waals surface area contributed by atoms with E-state index in [0.29, 0.717) is 23.4 Å². The molecule has 3 nitrogen and oxygen atoms in total. The van der Waals surface area contributed by atoms with E-state index in [0.717, 1.165) is 5.56 Å². The summed E-state index contributed by atoms with van der Waals surface area (Å²) in [6, 6.07) is 36.0. The van der Waals surface area contributed by atoms with Gasteiger partial charge in [0.15, 0.2) is 5.78 Å². The van der Waals surface area contributed by atoms with Crippen LogP contribution in [0.2, 0.25) is 5.04 Å². The summed E-state index contributed by atoms with van der Waals surface area (Å²) in [5.74, 6) is -0.0783. The number of nitrogens with two attached hydrogens (primary N) is 1. The standard InChI is InChI=1S/C30H31NO2Si/c1-30(2,3)34(25-15-6-4-7-16-25,26-17-8-5-9-18-26)33-22-23-13-12-14-24(21-23)29(32)27-19-10-11-20-28(27)31/h4-21H,22,31H2,1-3H3. The highest BCUT2D eigenvalue weighted by atomic mass is 28.4. The van der Waals surface area contributed by atoms with Crippen molar-refractivity contribution in [2.45, 2.75) is 32.4 Å². The zero-order chi connectivity index (χ0) is 24.2. The molecule has 0 aliphatic heterocycles. The molecule has 0 unspecified atom stereocenters. The predicted octanol–water partition coefficient (Wildman–Crippen LogP) is 5.58. The quantitative estimate of drug-likeness (QED) is 0.220. The predicted molar refractivity (Wildman–Crippen MR) is 143 cm³/mol. The Morgan fingerprint density at radius 3 is 1.88 bits per heavy atom. The van der Waals surface area contributed by atoms with Crippen LogP contribution in [0.5, 0.6) is 0 Å². The molecule has 0 aliphatic rings. The highest BCUT2D eigenvalue weighted by molar-refractivity contribution is 6.99. The number of anilines is 1. The number of ketones is 1. The van der Waals surface area contributed by atoms with Gasteiger partial charge in [-0.1, -0.05) is 112 Å². The second-order valence-corrected chi connectivity index (χ2v) is 13.9. The van der Waals surface area contributed by atoms with Gasteiger partial charge in [0.25, 0.3) is 8.32 Å². The van der Waals surface area contributed by atoms with Crippen LogP contribution >= 0.6 is 0 Å². The van der Waals surface area contributed by atoms with Gasteiger partial charge in [-0.2, -0.15) is 0 Å². The smallest absolute Gasteiger partial charge is 0.261 e. The van der Waals surface area contributed by atoms with E-state index >= 15 is 0 Å². The lowest BCUT2D eigenvalue weighted by Crippen LogP contribution is -2.66. The van der Waals surface area contributed by atoms with Crippen LogP contribution in [0.3, 0.4) is 0 Å². The summed E-state index contributed by atoms with van der Waals surface area (Å²) in [6.45, 7) is 7.20. The van der Waals surface area contributed by atoms with E-state index in [1.165, 1.54) is 10.4 Å². The van der Waals surface area contributed by atoms with Crippen molar-refractivity contribution in [2.24, 2.45) is 0 Å². The molecule has 4 aromatic carbocycles. The van der Waals surface area contributed by atoms with Gasteiger partial charge < -0.3 is 10.2 Å². The maximum Gasteiger partial charge on any atom is 0.261 e. The van der Waals surface area contributed by atoms with Gasteiger partial charge in [-0.25, -0.2) is 0 Å². The van der Waals surface area contributed by atoms with Gasteiger partial charge in [0.2, 0.25) is 0 Å². The maximum atomic E-state index is 13.1. The van der Waals surface area contributed by atoms with Crippen LogP contribution in [0.1, 0.15) is 42.3 Å². The Labute approximate surface area is 203 Å². The van der Waals surface area contributed by atoms with Crippen molar-refractivity contribution < 1.29 is 9.22 Å². The highest BCUT2D eigenvalue weighted by Gasteiger charge is 2.50. The molecular formula is C30H31NO2Si. The molecule has 4 heteroatoms. The van der Waals surface area contributed by atoms with E-state index in [9.17, 15) is 4.79 Å². The molecule has 0 amide bonds. The lowest BCUT2D eigenvalue weighted by atomic mass is 10.0. The first-order chi connectivity index (χ1) is 16.3. The van der Waals surface area contributed by atoms with Crippen molar-refractivity contribution in [2.75, 3.05) is 5.73 Å². The fraction of sp³-hybridized carbons (Fsp3) is 0.167. The Morgan fingerprint density at radius 1 is 0.765 bits per heavy atom. The molecule has 0 atom stereocenters. The van der Waals surface area contributed by atoms with E-state index in [4.69, 9.17) is 10.2 Å². The van der Waals surface area contributed by atoms with Crippen LogP contribution in [0.25, 0.3) is 0 Å². The largest absolute Gasteiger partial charge is 0.403 e. The minimum Gasteiger partial charge on any atom is -0.403 e. The topological polar surface area (TPSA) is 52.3 Å². The number of para-hydroxylation sites is 1. The molecule has 0 saturated heterocycles. The number of carbonyl (C=O) groups is 1. The first kappa shape index (κ1) is 23.7. The van der Waals surface area contributed by atoms with Crippen molar-refractivity contribution in [3.63, 3.8) is 0 Å². The lowest BCUT2D eigenvalue weighted by Gasteiger charge is -2.43. The minimum atomic E-state index is -2.65. The Morgan fingerprint density at radius 2 is 1.32 bits per heavy atom. The van der Waals surface area contributed by atoms with Gasteiger partial charge in [-0.05, 0) is 39.2 Å². The van der Waals surface area contributed by atoms with Crippen LogP contribution in [0.4, 0.5) is 5.69 Å². The van der Waals surface area contributed by atoms with Crippen LogP contribution < -0.4 is 16.1 Å². The molecular weight excluding hydrogens is 434 g/mol. The third-order valence-electron chi connectivity index (χ3n) is 6.27. The molecule has 0 fully saturated rings. The summed E-state index contributed by atoms with van der Waals surface area (Å²) in [5, 5.41) is 2.36. The summed E-state index contributed by atoms with van der Waals surface area (Å²) in [5.41, 5.74) is 8.64. The fourth-order valence-electron chi connectivity index (χ4n) is 4.61. The minimum absolute atomic E-state index is 0.0783. The average Bonchev–Trinajstić information content (AvgIpc) is 2.85. The SMILES string of the molecule is CC(C)(C)[Si](OCc1cccc(C(=O)c2ccccc2N)c1)(c1ccccc1)c1ccccc1. The molecule has 0 spiro atoms. The number of hydrogen-bond donors (Lipinski definition) is 1. The lowest BCUT2D eigenvalue weighted by molar-refractivity contribution is 0.103. The Kier molecular flexibility index (Phi) is 6.82. The van der Waals surface area contributed by atoms with Gasteiger partial charge in [0, 0.05) is 16.8 Å². The van der Waals surface area contributed by atoms with E-state index < -0.39 is 8.32 Å². The van der Waals surface area contributed by atoms with Gasteiger partial charge in [0.05, 0.1) is 6.61 Å². The second-order valence-electron chi connectivity index (χ2n) is 9.57. The fourth-order valence-corrected chi connectivity index (χ4v) is 9.15. The number of benzene rings is 4. The van der Waals surface area contributed by atoms with E-state index in [2.05, 4.69) is 69.3 Å². The third-order valence-corrected chi connectivity index (χ3v) is 11.2. The first-order valence-corrected chi connectivity index (χ1v) is 13.5. The van der Waals surface area contributed by atoms with Crippen LogP contribution in [0, 0.1) is 0 Å². The monoisotopic (exact) mass is 465 g/mol. The van der Waals surface area contributed by atoms with Gasteiger partial charge in [-0.15, -0.1) is 0 Å².